The van der Waals surface area contributed by atoms with Crippen LogP contribution in [-0.4, -0.2) is 23.3 Å². The van der Waals surface area contributed by atoms with Crippen molar-refractivity contribution in [2.75, 3.05) is 0 Å². The van der Waals surface area contributed by atoms with Crippen LogP contribution in [0.5, 0.6) is 0 Å². The number of alkyl halides is 3. The highest BCUT2D eigenvalue weighted by atomic mass is 19.4. The maximum absolute atomic E-state index is 12.4. The zero-order chi connectivity index (χ0) is 10.8. The standard InChI is InChI=1S/C8H10F3NO2/c9-8(10,11)7-1-6(2-7,3-7)4(12)5(13)14/h4H,1-3,12H2,(H,13,14)/p+1/t4-,6?,7?/m0/s1. The minimum Gasteiger partial charge on any atom is -0.477 e. The highest BCUT2D eigenvalue weighted by molar-refractivity contribution is 5.73. The second-order valence-electron chi connectivity index (χ2n) is 4.56. The van der Waals surface area contributed by atoms with Gasteiger partial charge in [-0.15, -0.1) is 0 Å². The lowest BCUT2D eigenvalue weighted by molar-refractivity contribution is -0.492. The minimum absolute atomic E-state index is 0.0516. The number of quaternary nitrogens is 1. The van der Waals surface area contributed by atoms with Crippen LogP contribution in [-0.2, 0) is 4.79 Å². The Bertz CT molecular complexity index is 280. The van der Waals surface area contributed by atoms with Gasteiger partial charge in [-0.25, -0.2) is 4.79 Å². The lowest BCUT2D eigenvalue weighted by Crippen LogP contribution is -2.83. The average molecular weight is 210 g/mol. The molecule has 0 aliphatic heterocycles. The molecule has 6 heteroatoms. The molecule has 80 valence electrons. The molecule has 2 bridgehead atoms. The lowest BCUT2D eigenvalue weighted by Gasteiger charge is -2.70. The number of rotatable bonds is 2. The lowest BCUT2D eigenvalue weighted by atomic mass is 9.33. The summed E-state index contributed by atoms with van der Waals surface area (Å²) in [6.45, 7) is 0. The third-order valence-corrected chi connectivity index (χ3v) is 3.71. The third-order valence-electron chi connectivity index (χ3n) is 3.71. The first-order valence-electron chi connectivity index (χ1n) is 4.35. The van der Waals surface area contributed by atoms with E-state index < -0.39 is 29.0 Å². The van der Waals surface area contributed by atoms with E-state index in [4.69, 9.17) is 5.11 Å². The summed E-state index contributed by atoms with van der Waals surface area (Å²) < 4.78 is 37.2. The summed E-state index contributed by atoms with van der Waals surface area (Å²) in [5, 5.41) is 8.65. The van der Waals surface area contributed by atoms with E-state index in [1.165, 1.54) is 0 Å². The Hall–Kier alpha value is -0.780. The molecule has 3 aliphatic rings. The molecular formula is C8H11F3NO2+. The number of carbonyl (C=O) groups is 1. The van der Waals surface area contributed by atoms with E-state index in [-0.39, 0.29) is 19.3 Å². The summed E-state index contributed by atoms with van der Waals surface area (Å²) in [6, 6.07) is -0.897. The summed E-state index contributed by atoms with van der Waals surface area (Å²) in [6.07, 6.45) is -4.33. The van der Waals surface area contributed by atoms with Crippen LogP contribution in [0.25, 0.3) is 0 Å². The number of aliphatic carboxylic acids is 1. The van der Waals surface area contributed by atoms with Gasteiger partial charge in [0.05, 0.1) is 5.41 Å². The fourth-order valence-corrected chi connectivity index (χ4v) is 2.80. The maximum Gasteiger partial charge on any atom is 0.394 e. The Balaban J connectivity index is 2.04. The zero-order valence-corrected chi connectivity index (χ0v) is 7.40. The van der Waals surface area contributed by atoms with Crippen LogP contribution >= 0.6 is 0 Å². The van der Waals surface area contributed by atoms with Gasteiger partial charge in [-0.1, -0.05) is 0 Å². The predicted molar refractivity (Wildman–Crippen MR) is 39.1 cm³/mol. The molecule has 0 spiro atoms. The van der Waals surface area contributed by atoms with Crippen LogP contribution in [0.15, 0.2) is 0 Å². The van der Waals surface area contributed by atoms with Crippen LogP contribution in [0, 0.1) is 10.8 Å². The monoisotopic (exact) mass is 210 g/mol. The van der Waals surface area contributed by atoms with Crippen LogP contribution < -0.4 is 5.73 Å². The summed E-state index contributed by atoms with van der Waals surface area (Å²) >= 11 is 0. The van der Waals surface area contributed by atoms with Gasteiger partial charge in [-0.3, -0.25) is 0 Å². The van der Waals surface area contributed by atoms with Crippen molar-refractivity contribution < 1.29 is 28.8 Å². The van der Waals surface area contributed by atoms with Gasteiger partial charge in [-0.2, -0.15) is 13.2 Å². The Morgan fingerprint density at radius 1 is 1.36 bits per heavy atom. The molecule has 0 amide bonds. The second kappa shape index (κ2) is 2.24. The van der Waals surface area contributed by atoms with Crippen LogP contribution in [0.2, 0.25) is 0 Å². The molecule has 0 saturated heterocycles. The maximum atomic E-state index is 12.4. The van der Waals surface area contributed by atoms with Crippen molar-refractivity contribution in [3.05, 3.63) is 0 Å². The van der Waals surface area contributed by atoms with Crippen molar-refractivity contribution in [3.8, 4) is 0 Å². The van der Waals surface area contributed by atoms with Gasteiger partial charge < -0.3 is 10.8 Å². The fourth-order valence-electron chi connectivity index (χ4n) is 2.80. The summed E-state index contributed by atoms with van der Waals surface area (Å²) in [5.41, 5.74) is 1.18. The van der Waals surface area contributed by atoms with E-state index in [1.807, 2.05) is 0 Å². The Kier molecular flexibility index (Phi) is 1.56. The van der Waals surface area contributed by atoms with E-state index in [9.17, 15) is 18.0 Å². The fraction of sp³-hybridized carbons (Fsp3) is 0.875. The molecule has 0 aromatic carbocycles. The SMILES string of the molecule is [NH3+][C@@H](C(=O)O)C12CC(C(F)(F)F)(C1)C2. The minimum atomic E-state index is -4.17. The molecular weight excluding hydrogens is 199 g/mol. The predicted octanol–water partition coefficient (Wildman–Crippen LogP) is 0.414. The van der Waals surface area contributed by atoms with Gasteiger partial charge in [0, 0.05) is 5.41 Å². The molecule has 1 atom stereocenters. The van der Waals surface area contributed by atoms with Gasteiger partial charge in [0.25, 0.3) is 0 Å². The van der Waals surface area contributed by atoms with Crippen molar-refractivity contribution in [1.29, 1.82) is 0 Å². The highest BCUT2D eigenvalue weighted by Gasteiger charge is 2.81. The molecule has 3 nitrogen and oxygen atoms in total. The number of halogens is 3. The van der Waals surface area contributed by atoms with E-state index in [0.717, 1.165) is 0 Å². The van der Waals surface area contributed by atoms with Crippen molar-refractivity contribution in [2.24, 2.45) is 10.8 Å². The number of carboxylic acid groups (broad SMARTS) is 1. The van der Waals surface area contributed by atoms with Crippen LogP contribution in [0.3, 0.4) is 0 Å². The van der Waals surface area contributed by atoms with Gasteiger partial charge in [0.15, 0.2) is 6.04 Å². The highest BCUT2D eigenvalue weighted by Crippen LogP contribution is 2.79. The summed E-state index contributed by atoms with van der Waals surface area (Å²) in [5.74, 6) is -1.10. The van der Waals surface area contributed by atoms with Crippen LogP contribution in [0.1, 0.15) is 19.3 Å². The Morgan fingerprint density at radius 3 is 2.07 bits per heavy atom. The van der Waals surface area contributed by atoms with Crippen molar-refractivity contribution in [3.63, 3.8) is 0 Å². The quantitative estimate of drug-likeness (QED) is 0.693. The van der Waals surface area contributed by atoms with Gasteiger partial charge in [0.2, 0.25) is 0 Å². The number of hydrogen-bond donors (Lipinski definition) is 2. The van der Waals surface area contributed by atoms with Crippen molar-refractivity contribution in [2.45, 2.75) is 31.5 Å². The zero-order valence-electron chi connectivity index (χ0n) is 7.40. The second-order valence-corrected chi connectivity index (χ2v) is 4.56. The van der Waals surface area contributed by atoms with E-state index >= 15 is 0 Å². The third kappa shape index (κ3) is 0.893. The molecule has 4 N–H and O–H groups in total. The molecule has 0 aromatic heterocycles. The van der Waals surface area contributed by atoms with Crippen LogP contribution in [0.4, 0.5) is 13.2 Å². The summed E-state index contributed by atoms with van der Waals surface area (Å²) in [4.78, 5) is 10.6. The van der Waals surface area contributed by atoms with E-state index in [0.29, 0.717) is 0 Å². The molecule has 0 radical (unpaired) electrons. The van der Waals surface area contributed by atoms with Gasteiger partial charge in [-0.05, 0) is 19.3 Å². The molecule has 3 saturated carbocycles. The molecule has 0 heterocycles. The van der Waals surface area contributed by atoms with Gasteiger partial charge >= 0.3 is 12.1 Å². The Morgan fingerprint density at radius 2 is 1.79 bits per heavy atom. The van der Waals surface area contributed by atoms with Gasteiger partial charge in [0.1, 0.15) is 0 Å². The number of carboxylic acids is 1. The molecule has 3 fully saturated rings. The average Bonchev–Trinajstić information content (AvgIpc) is 1.76. The largest absolute Gasteiger partial charge is 0.477 e. The Labute approximate surface area is 78.1 Å². The normalized spacial score (nSPS) is 42.3. The first-order chi connectivity index (χ1) is 6.23. The first kappa shape index (κ1) is 9.76. The summed E-state index contributed by atoms with van der Waals surface area (Å²) in [7, 11) is 0. The molecule has 0 aromatic rings. The molecule has 3 rings (SSSR count). The smallest absolute Gasteiger partial charge is 0.394 e. The molecule has 0 unspecified atom stereocenters. The number of hydrogen-bond acceptors (Lipinski definition) is 1. The van der Waals surface area contributed by atoms with Crippen molar-refractivity contribution in [1.82, 2.24) is 0 Å². The topological polar surface area (TPSA) is 64.9 Å². The van der Waals surface area contributed by atoms with Crippen molar-refractivity contribution >= 4 is 5.97 Å². The van der Waals surface area contributed by atoms with E-state index in [2.05, 4.69) is 5.73 Å². The first-order valence-corrected chi connectivity index (χ1v) is 4.35. The molecule has 14 heavy (non-hydrogen) atoms. The molecule has 3 aliphatic carbocycles. The van der Waals surface area contributed by atoms with E-state index in [1.54, 1.807) is 0 Å².